The third-order valence-corrected chi connectivity index (χ3v) is 3.72. The summed E-state index contributed by atoms with van der Waals surface area (Å²) < 4.78 is 4.99. The zero-order valence-electron chi connectivity index (χ0n) is 11.9. The van der Waals surface area contributed by atoms with Crippen LogP contribution in [0.15, 0.2) is 18.2 Å². The molecular formula is C15H18ClN3O2. The first kappa shape index (κ1) is 15.5. The van der Waals surface area contributed by atoms with Gasteiger partial charge in [0.25, 0.3) is 0 Å². The number of nitriles is 1. The van der Waals surface area contributed by atoms with Crippen LogP contribution in [0.4, 0.5) is 10.5 Å². The van der Waals surface area contributed by atoms with Crippen LogP contribution in [0, 0.1) is 11.3 Å². The number of nitrogens with one attached hydrogen (secondary N) is 1. The number of rotatable bonds is 3. The van der Waals surface area contributed by atoms with Crippen LogP contribution in [0.25, 0.3) is 0 Å². The van der Waals surface area contributed by atoms with Crippen LogP contribution < -0.4 is 5.32 Å². The summed E-state index contributed by atoms with van der Waals surface area (Å²) in [7, 11) is 0. The average molecular weight is 308 g/mol. The molecule has 1 aromatic carbocycles. The summed E-state index contributed by atoms with van der Waals surface area (Å²) >= 11 is 5.97. The number of likely N-dealkylation sites (tertiary alicyclic amines) is 1. The van der Waals surface area contributed by atoms with Crippen LogP contribution in [0.2, 0.25) is 5.02 Å². The van der Waals surface area contributed by atoms with E-state index in [2.05, 4.69) is 11.4 Å². The standard InChI is InChI=1S/C15H18ClN3O2/c1-2-21-15(20)19-7-5-13(6-8-19)18-14-9-12(16)4-3-11(14)10-17/h3-4,9,13,18H,2,5-8H2,1H3. The molecule has 21 heavy (non-hydrogen) atoms. The smallest absolute Gasteiger partial charge is 0.409 e. The lowest BCUT2D eigenvalue weighted by Gasteiger charge is -2.32. The van der Waals surface area contributed by atoms with Crippen molar-refractivity contribution in [1.29, 1.82) is 5.26 Å². The molecule has 1 aliphatic heterocycles. The van der Waals surface area contributed by atoms with Gasteiger partial charge in [-0.1, -0.05) is 11.6 Å². The molecule has 1 amide bonds. The van der Waals surface area contributed by atoms with Crippen LogP contribution in [-0.2, 0) is 4.74 Å². The lowest BCUT2D eigenvalue weighted by atomic mass is 10.0. The third kappa shape index (κ3) is 4.02. The van der Waals surface area contributed by atoms with Gasteiger partial charge in [0, 0.05) is 24.2 Å². The molecule has 1 heterocycles. The quantitative estimate of drug-likeness (QED) is 0.931. The first-order valence-corrected chi connectivity index (χ1v) is 7.39. The van der Waals surface area contributed by atoms with E-state index < -0.39 is 0 Å². The number of hydrogen-bond donors (Lipinski definition) is 1. The molecule has 0 aromatic heterocycles. The van der Waals surface area contributed by atoms with Crippen molar-refractivity contribution in [2.24, 2.45) is 0 Å². The first-order valence-electron chi connectivity index (χ1n) is 7.02. The second kappa shape index (κ2) is 7.19. The fraction of sp³-hybridized carbons (Fsp3) is 0.467. The Hall–Kier alpha value is -1.93. The number of anilines is 1. The Labute approximate surface area is 129 Å². The van der Waals surface area contributed by atoms with Crippen molar-refractivity contribution >= 4 is 23.4 Å². The first-order chi connectivity index (χ1) is 10.1. The number of carbonyl (C=O) groups excluding carboxylic acids is 1. The maximum Gasteiger partial charge on any atom is 0.409 e. The highest BCUT2D eigenvalue weighted by molar-refractivity contribution is 6.30. The Balaban J connectivity index is 1.94. The zero-order valence-corrected chi connectivity index (χ0v) is 12.7. The molecule has 1 fully saturated rings. The molecule has 0 bridgehead atoms. The number of nitrogens with zero attached hydrogens (tertiary/aromatic N) is 2. The molecule has 0 saturated carbocycles. The van der Waals surface area contributed by atoms with Crippen molar-refractivity contribution in [2.75, 3.05) is 25.0 Å². The Morgan fingerprint density at radius 2 is 2.24 bits per heavy atom. The zero-order chi connectivity index (χ0) is 15.2. The van der Waals surface area contributed by atoms with Gasteiger partial charge in [-0.25, -0.2) is 4.79 Å². The van der Waals surface area contributed by atoms with E-state index in [-0.39, 0.29) is 12.1 Å². The molecule has 0 aliphatic carbocycles. The molecule has 0 spiro atoms. The summed E-state index contributed by atoms with van der Waals surface area (Å²) in [6.07, 6.45) is 1.38. The van der Waals surface area contributed by atoms with E-state index in [4.69, 9.17) is 21.6 Å². The molecule has 1 saturated heterocycles. The van der Waals surface area contributed by atoms with Gasteiger partial charge in [-0.15, -0.1) is 0 Å². The number of halogens is 1. The summed E-state index contributed by atoms with van der Waals surface area (Å²) in [6, 6.07) is 7.55. The molecular weight excluding hydrogens is 290 g/mol. The monoisotopic (exact) mass is 307 g/mol. The number of ether oxygens (including phenoxy) is 1. The lowest BCUT2D eigenvalue weighted by Crippen LogP contribution is -2.42. The van der Waals surface area contributed by atoms with Crippen LogP contribution in [-0.4, -0.2) is 36.7 Å². The normalized spacial score (nSPS) is 15.4. The van der Waals surface area contributed by atoms with Crippen molar-refractivity contribution < 1.29 is 9.53 Å². The minimum absolute atomic E-state index is 0.223. The van der Waals surface area contributed by atoms with Crippen LogP contribution >= 0.6 is 11.6 Å². The number of carbonyl (C=O) groups is 1. The van der Waals surface area contributed by atoms with Crippen molar-refractivity contribution in [3.8, 4) is 6.07 Å². The maximum atomic E-state index is 11.6. The Morgan fingerprint density at radius 3 is 2.86 bits per heavy atom. The Kier molecular flexibility index (Phi) is 5.29. The second-order valence-electron chi connectivity index (χ2n) is 4.91. The summed E-state index contributed by atoms with van der Waals surface area (Å²) in [5.74, 6) is 0. The molecule has 0 radical (unpaired) electrons. The molecule has 0 unspecified atom stereocenters. The van der Waals surface area contributed by atoms with Gasteiger partial charge < -0.3 is 15.0 Å². The molecule has 1 aliphatic rings. The lowest BCUT2D eigenvalue weighted by molar-refractivity contribution is 0.0983. The SMILES string of the molecule is CCOC(=O)N1CCC(Nc2cc(Cl)ccc2C#N)CC1. The van der Waals surface area contributed by atoms with Gasteiger partial charge in [0.2, 0.25) is 0 Å². The highest BCUT2D eigenvalue weighted by atomic mass is 35.5. The van der Waals surface area contributed by atoms with Gasteiger partial charge in [-0.2, -0.15) is 5.26 Å². The predicted octanol–water partition coefficient (Wildman–Crippen LogP) is 3.24. The van der Waals surface area contributed by atoms with E-state index in [0.717, 1.165) is 18.5 Å². The fourth-order valence-electron chi connectivity index (χ4n) is 2.37. The van der Waals surface area contributed by atoms with E-state index in [1.54, 1.807) is 30.0 Å². The third-order valence-electron chi connectivity index (χ3n) is 3.48. The maximum absolute atomic E-state index is 11.6. The molecule has 112 valence electrons. The molecule has 1 aromatic rings. The van der Waals surface area contributed by atoms with Gasteiger partial charge >= 0.3 is 6.09 Å². The predicted molar refractivity (Wildman–Crippen MR) is 81.4 cm³/mol. The number of benzene rings is 1. The van der Waals surface area contributed by atoms with Gasteiger partial charge in [-0.3, -0.25) is 0 Å². The summed E-state index contributed by atoms with van der Waals surface area (Å²) in [4.78, 5) is 13.3. The molecule has 5 nitrogen and oxygen atoms in total. The minimum Gasteiger partial charge on any atom is -0.450 e. The summed E-state index contributed by atoms with van der Waals surface area (Å²) in [5.41, 5.74) is 1.33. The van der Waals surface area contributed by atoms with E-state index in [1.165, 1.54) is 0 Å². The second-order valence-corrected chi connectivity index (χ2v) is 5.34. The van der Waals surface area contributed by atoms with E-state index in [1.807, 2.05) is 0 Å². The van der Waals surface area contributed by atoms with E-state index in [0.29, 0.717) is 30.3 Å². The van der Waals surface area contributed by atoms with E-state index in [9.17, 15) is 4.79 Å². The average Bonchev–Trinajstić information content (AvgIpc) is 2.48. The van der Waals surface area contributed by atoms with Crippen LogP contribution in [0.3, 0.4) is 0 Å². The van der Waals surface area contributed by atoms with Crippen LogP contribution in [0.5, 0.6) is 0 Å². The van der Waals surface area contributed by atoms with Gasteiger partial charge in [0.05, 0.1) is 17.9 Å². The highest BCUT2D eigenvalue weighted by Gasteiger charge is 2.23. The summed E-state index contributed by atoms with van der Waals surface area (Å²) in [5, 5.41) is 13.1. The number of piperidine rings is 1. The largest absolute Gasteiger partial charge is 0.450 e. The Bertz CT molecular complexity index is 548. The molecule has 0 atom stereocenters. The van der Waals surface area contributed by atoms with Gasteiger partial charge in [0.1, 0.15) is 6.07 Å². The fourth-order valence-corrected chi connectivity index (χ4v) is 2.55. The molecule has 2 rings (SSSR count). The van der Waals surface area contributed by atoms with Crippen molar-refractivity contribution in [3.63, 3.8) is 0 Å². The van der Waals surface area contributed by atoms with Crippen LogP contribution in [0.1, 0.15) is 25.3 Å². The number of amides is 1. The number of hydrogen-bond acceptors (Lipinski definition) is 4. The van der Waals surface area contributed by atoms with Gasteiger partial charge in [-0.05, 0) is 38.0 Å². The van der Waals surface area contributed by atoms with E-state index >= 15 is 0 Å². The summed E-state index contributed by atoms with van der Waals surface area (Å²) in [6.45, 7) is 3.50. The van der Waals surface area contributed by atoms with Gasteiger partial charge in [0.15, 0.2) is 0 Å². The molecule has 1 N–H and O–H groups in total. The van der Waals surface area contributed by atoms with Crippen molar-refractivity contribution in [1.82, 2.24) is 4.90 Å². The highest BCUT2D eigenvalue weighted by Crippen LogP contribution is 2.23. The Morgan fingerprint density at radius 1 is 1.52 bits per heavy atom. The van der Waals surface area contributed by atoms with Crippen molar-refractivity contribution in [3.05, 3.63) is 28.8 Å². The topological polar surface area (TPSA) is 65.4 Å². The molecule has 6 heteroatoms. The van der Waals surface area contributed by atoms with Crippen molar-refractivity contribution in [2.45, 2.75) is 25.8 Å². The minimum atomic E-state index is -0.253.